The second kappa shape index (κ2) is 5.42. The van der Waals surface area contributed by atoms with Crippen LogP contribution in [0.2, 0.25) is 10.0 Å². The van der Waals surface area contributed by atoms with Gasteiger partial charge in [-0.2, -0.15) is 0 Å². The van der Waals surface area contributed by atoms with Crippen molar-refractivity contribution in [3.8, 4) is 0 Å². The van der Waals surface area contributed by atoms with E-state index in [0.29, 0.717) is 21.7 Å². The minimum Gasteiger partial charge on any atom is -0.383 e. The Labute approximate surface area is 115 Å². The quantitative estimate of drug-likeness (QED) is 0.902. The lowest BCUT2D eigenvalue weighted by molar-refractivity contribution is 1.06. The highest BCUT2D eigenvalue weighted by Gasteiger charge is 2.08. The van der Waals surface area contributed by atoms with Crippen molar-refractivity contribution in [3.63, 3.8) is 0 Å². The normalized spacial score (nSPS) is 10.4. The van der Waals surface area contributed by atoms with Crippen LogP contribution in [0.25, 0.3) is 0 Å². The Morgan fingerprint density at radius 3 is 2.67 bits per heavy atom. The van der Waals surface area contributed by atoms with Crippen LogP contribution in [0.1, 0.15) is 12.5 Å². The molecule has 94 valence electrons. The molecule has 0 unspecified atom stereocenters. The largest absolute Gasteiger partial charge is 0.383 e. The van der Waals surface area contributed by atoms with E-state index in [1.54, 1.807) is 12.1 Å². The van der Waals surface area contributed by atoms with E-state index in [1.165, 1.54) is 6.33 Å². The Kier molecular flexibility index (Phi) is 3.89. The van der Waals surface area contributed by atoms with E-state index in [0.717, 1.165) is 17.7 Å². The highest BCUT2D eigenvalue weighted by Crippen LogP contribution is 2.28. The van der Waals surface area contributed by atoms with Gasteiger partial charge in [-0.15, -0.1) is 0 Å². The van der Waals surface area contributed by atoms with Crippen LogP contribution < -0.4 is 11.1 Å². The second-order valence-electron chi connectivity index (χ2n) is 3.69. The van der Waals surface area contributed by atoms with Crippen molar-refractivity contribution < 1.29 is 0 Å². The van der Waals surface area contributed by atoms with Gasteiger partial charge in [0.15, 0.2) is 0 Å². The summed E-state index contributed by atoms with van der Waals surface area (Å²) in [5.74, 6) is 1.17. The first-order valence-corrected chi connectivity index (χ1v) is 6.18. The van der Waals surface area contributed by atoms with Gasteiger partial charge >= 0.3 is 0 Å². The summed E-state index contributed by atoms with van der Waals surface area (Å²) in [6.07, 6.45) is 2.17. The summed E-state index contributed by atoms with van der Waals surface area (Å²) in [5.41, 5.74) is 7.48. The molecule has 1 aromatic heterocycles. The van der Waals surface area contributed by atoms with Gasteiger partial charge in [0.25, 0.3) is 0 Å². The van der Waals surface area contributed by atoms with Gasteiger partial charge in [0, 0.05) is 11.3 Å². The van der Waals surface area contributed by atoms with E-state index in [2.05, 4.69) is 15.3 Å². The van der Waals surface area contributed by atoms with Gasteiger partial charge in [0.2, 0.25) is 0 Å². The number of aromatic nitrogens is 2. The van der Waals surface area contributed by atoms with Crippen molar-refractivity contribution in [1.82, 2.24) is 9.97 Å². The molecule has 3 N–H and O–H groups in total. The number of nitrogens with zero attached hydrogens (tertiary/aromatic N) is 2. The number of halogens is 2. The van der Waals surface area contributed by atoms with Crippen LogP contribution in [0, 0.1) is 0 Å². The first-order chi connectivity index (χ1) is 8.61. The van der Waals surface area contributed by atoms with Gasteiger partial charge in [-0.1, -0.05) is 30.1 Å². The molecule has 2 aromatic rings. The van der Waals surface area contributed by atoms with Crippen molar-refractivity contribution in [2.75, 3.05) is 11.1 Å². The molecular weight excluding hydrogens is 271 g/mol. The monoisotopic (exact) mass is 282 g/mol. The fourth-order valence-electron chi connectivity index (χ4n) is 1.59. The van der Waals surface area contributed by atoms with Crippen LogP contribution in [0.5, 0.6) is 0 Å². The molecule has 1 heterocycles. The third-order valence-electron chi connectivity index (χ3n) is 2.51. The molecule has 0 spiro atoms. The minimum atomic E-state index is 0.482. The number of nitrogens with one attached hydrogen (secondary N) is 1. The molecule has 18 heavy (non-hydrogen) atoms. The molecule has 0 atom stereocenters. The molecule has 6 heteroatoms. The summed E-state index contributed by atoms with van der Waals surface area (Å²) < 4.78 is 0. The number of hydrogen-bond acceptors (Lipinski definition) is 4. The first kappa shape index (κ1) is 12.9. The molecule has 1 aromatic carbocycles. The van der Waals surface area contributed by atoms with Crippen molar-refractivity contribution in [2.45, 2.75) is 13.3 Å². The molecule has 0 aliphatic heterocycles. The predicted molar refractivity (Wildman–Crippen MR) is 75.6 cm³/mol. The standard InChI is InChI=1S/C12H12Cl2N4/c1-2-8-11(15)16-6-17-12(8)18-7-3-4-9(13)10(14)5-7/h3-6H,2H2,1H3,(H3,15,16,17,18). The zero-order valence-corrected chi connectivity index (χ0v) is 11.3. The zero-order chi connectivity index (χ0) is 13.1. The van der Waals surface area contributed by atoms with E-state index in [1.807, 2.05) is 13.0 Å². The number of nitrogens with two attached hydrogens (primary N) is 1. The van der Waals surface area contributed by atoms with Gasteiger partial charge in [-0.3, -0.25) is 0 Å². The Morgan fingerprint density at radius 1 is 1.22 bits per heavy atom. The molecular formula is C12H12Cl2N4. The summed E-state index contributed by atoms with van der Waals surface area (Å²) in [4.78, 5) is 8.14. The molecule has 0 saturated heterocycles. The molecule has 0 aliphatic rings. The third kappa shape index (κ3) is 2.66. The fourth-order valence-corrected chi connectivity index (χ4v) is 1.89. The average Bonchev–Trinajstić information content (AvgIpc) is 2.34. The molecule has 4 nitrogen and oxygen atoms in total. The average molecular weight is 283 g/mol. The maximum Gasteiger partial charge on any atom is 0.139 e. The lowest BCUT2D eigenvalue weighted by Crippen LogP contribution is -2.04. The smallest absolute Gasteiger partial charge is 0.139 e. The summed E-state index contributed by atoms with van der Waals surface area (Å²) in [7, 11) is 0. The number of benzene rings is 1. The molecule has 0 bridgehead atoms. The van der Waals surface area contributed by atoms with Crippen molar-refractivity contribution in [2.24, 2.45) is 0 Å². The first-order valence-electron chi connectivity index (χ1n) is 5.43. The van der Waals surface area contributed by atoms with Gasteiger partial charge in [-0.05, 0) is 24.6 Å². The van der Waals surface area contributed by atoms with E-state index in [-0.39, 0.29) is 0 Å². The van der Waals surface area contributed by atoms with Gasteiger partial charge < -0.3 is 11.1 Å². The fraction of sp³-hybridized carbons (Fsp3) is 0.167. The summed E-state index contributed by atoms with van der Waals surface area (Å²) in [6, 6.07) is 5.29. The zero-order valence-electron chi connectivity index (χ0n) is 9.74. The topological polar surface area (TPSA) is 63.8 Å². The molecule has 0 saturated carbocycles. The van der Waals surface area contributed by atoms with Crippen LogP contribution >= 0.6 is 23.2 Å². The lowest BCUT2D eigenvalue weighted by Gasteiger charge is -2.11. The summed E-state index contributed by atoms with van der Waals surface area (Å²) >= 11 is 11.8. The second-order valence-corrected chi connectivity index (χ2v) is 4.51. The van der Waals surface area contributed by atoms with E-state index >= 15 is 0 Å². The van der Waals surface area contributed by atoms with Crippen molar-refractivity contribution in [3.05, 3.63) is 40.1 Å². The number of anilines is 3. The van der Waals surface area contributed by atoms with Gasteiger partial charge in [0.05, 0.1) is 10.0 Å². The highest BCUT2D eigenvalue weighted by atomic mass is 35.5. The maximum atomic E-state index is 5.96. The molecule has 0 fully saturated rings. The van der Waals surface area contributed by atoms with E-state index < -0.39 is 0 Å². The van der Waals surface area contributed by atoms with Gasteiger partial charge in [-0.25, -0.2) is 9.97 Å². The van der Waals surface area contributed by atoms with E-state index in [4.69, 9.17) is 28.9 Å². The SMILES string of the molecule is CCc1c(N)ncnc1Nc1ccc(Cl)c(Cl)c1. The highest BCUT2D eigenvalue weighted by molar-refractivity contribution is 6.42. The minimum absolute atomic E-state index is 0.482. The van der Waals surface area contributed by atoms with Crippen LogP contribution in [-0.4, -0.2) is 9.97 Å². The van der Waals surface area contributed by atoms with Crippen LogP contribution in [0.4, 0.5) is 17.3 Å². The lowest BCUT2D eigenvalue weighted by atomic mass is 10.2. The Balaban J connectivity index is 2.34. The van der Waals surface area contributed by atoms with Crippen molar-refractivity contribution in [1.29, 1.82) is 0 Å². The molecule has 0 radical (unpaired) electrons. The van der Waals surface area contributed by atoms with Crippen LogP contribution in [0.15, 0.2) is 24.5 Å². The third-order valence-corrected chi connectivity index (χ3v) is 3.25. The van der Waals surface area contributed by atoms with Crippen molar-refractivity contribution >= 4 is 40.5 Å². The molecule has 0 aliphatic carbocycles. The van der Waals surface area contributed by atoms with E-state index in [9.17, 15) is 0 Å². The van der Waals surface area contributed by atoms with Crippen LogP contribution in [-0.2, 0) is 6.42 Å². The van der Waals surface area contributed by atoms with Gasteiger partial charge in [0.1, 0.15) is 18.0 Å². The molecule has 2 rings (SSSR count). The Bertz CT molecular complexity index is 572. The Hall–Kier alpha value is -1.52. The molecule has 0 amide bonds. The summed E-state index contributed by atoms with van der Waals surface area (Å²) in [5, 5.41) is 4.16. The number of hydrogen-bond donors (Lipinski definition) is 2. The predicted octanol–water partition coefficient (Wildman–Crippen LogP) is 3.67. The summed E-state index contributed by atoms with van der Waals surface area (Å²) in [6.45, 7) is 2.00. The number of rotatable bonds is 3. The number of nitrogen functional groups attached to an aromatic ring is 1. The maximum absolute atomic E-state index is 5.96. The Morgan fingerprint density at radius 2 is 2.00 bits per heavy atom. The van der Waals surface area contributed by atoms with Crippen LogP contribution in [0.3, 0.4) is 0 Å².